The predicted molar refractivity (Wildman–Crippen MR) is 93.9 cm³/mol. The molecule has 2 saturated heterocycles. The van der Waals surface area contributed by atoms with E-state index < -0.39 is 0 Å². The summed E-state index contributed by atoms with van der Waals surface area (Å²) in [6.07, 6.45) is 2.96. The molecule has 0 saturated carbocycles. The molecule has 1 aromatic carbocycles. The van der Waals surface area contributed by atoms with Crippen molar-refractivity contribution in [3.63, 3.8) is 0 Å². The van der Waals surface area contributed by atoms with Crippen LogP contribution in [0.15, 0.2) is 24.3 Å². The molecule has 130 valence electrons. The van der Waals surface area contributed by atoms with Crippen LogP contribution in [0.5, 0.6) is 0 Å². The first-order valence-electron chi connectivity index (χ1n) is 8.64. The van der Waals surface area contributed by atoms with Crippen molar-refractivity contribution in [3.8, 4) is 0 Å². The summed E-state index contributed by atoms with van der Waals surface area (Å²) < 4.78 is 0. The number of carbonyl (C=O) groups is 2. The molecule has 24 heavy (non-hydrogen) atoms. The van der Waals surface area contributed by atoms with E-state index >= 15 is 0 Å². The van der Waals surface area contributed by atoms with Crippen LogP contribution in [0.2, 0.25) is 5.02 Å². The number of amides is 3. The average Bonchev–Trinajstić information content (AvgIpc) is 3.26. The zero-order valence-electron chi connectivity index (χ0n) is 14.0. The Morgan fingerprint density at radius 2 is 1.79 bits per heavy atom. The van der Waals surface area contributed by atoms with Crippen LogP contribution in [0.4, 0.5) is 4.79 Å². The van der Waals surface area contributed by atoms with Crippen LogP contribution >= 0.6 is 11.6 Å². The molecule has 1 unspecified atom stereocenters. The summed E-state index contributed by atoms with van der Waals surface area (Å²) in [7, 11) is 0. The Morgan fingerprint density at radius 1 is 1.12 bits per heavy atom. The number of hydrogen-bond acceptors (Lipinski definition) is 2. The highest BCUT2D eigenvalue weighted by molar-refractivity contribution is 6.30. The maximum atomic E-state index is 12.4. The van der Waals surface area contributed by atoms with E-state index in [2.05, 4.69) is 5.32 Å². The van der Waals surface area contributed by atoms with Crippen LogP contribution < -0.4 is 5.32 Å². The van der Waals surface area contributed by atoms with E-state index in [-0.39, 0.29) is 23.9 Å². The Labute approximate surface area is 147 Å². The number of urea groups is 1. The summed E-state index contributed by atoms with van der Waals surface area (Å²) in [5.41, 5.74) is 1.01. The minimum Gasteiger partial charge on any atom is -0.342 e. The van der Waals surface area contributed by atoms with Crippen molar-refractivity contribution in [1.82, 2.24) is 15.1 Å². The standard InChI is InChI=1S/C18H24ClN3O2/c1-13(14-4-6-16(19)7-5-14)20-18(24)22-11-8-15(12-22)17(23)21-9-2-3-10-21/h4-7,13,15H,2-3,8-12H2,1H3,(H,20,24)/t13-,15?/m1/s1. The lowest BCUT2D eigenvalue weighted by Gasteiger charge is -2.22. The Hall–Kier alpha value is -1.75. The van der Waals surface area contributed by atoms with Crippen LogP contribution in [-0.4, -0.2) is 47.9 Å². The molecule has 0 bridgehead atoms. The number of benzene rings is 1. The van der Waals surface area contributed by atoms with Gasteiger partial charge in [-0.3, -0.25) is 4.79 Å². The molecular weight excluding hydrogens is 326 g/mol. The van der Waals surface area contributed by atoms with Gasteiger partial charge in [-0.1, -0.05) is 23.7 Å². The van der Waals surface area contributed by atoms with Gasteiger partial charge in [0.05, 0.1) is 12.0 Å². The molecule has 2 atom stereocenters. The number of nitrogens with one attached hydrogen (secondary N) is 1. The molecule has 0 aliphatic carbocycles. The van der Waals surface area contributed by atoms with Gasteiger partial charge >= 0.3 is 6.03 Å². The molecule has 0 spiro atoms. The highest BCUT2D eigenvalue weighted by Gasteiger charge is 2.34. The van der Waals surface area contributed by atoms with Crippen LogP contribution in [0.25, 0.3) is 0 Å². The van der Waals surface area contributed by atoms with Crippen LogP contribution in [0.3, 0.4) is 0 Å². The molecule has 2 fully saturated rings. The number of carbonyl (C=O) groups excluding carboxylic acids is 2. The maximum absolute atomic E-state index is 12.4. The Balaban J connectivity index is 1.52. The molecule has 2 aliphatic heterocycles. The van der Waals surface area contributed by atoms with E-state index in [0.717, 1.165) is 37.9 Å². The third-order valence-electron chi connectivity index (χ3n) is 4.95. The lowest BCUT2D eigenvalue weighted by atomic mass is 10.1. The quantitative estimate of drug-likeness (QED) is 0.911. The molecule has 1 aromatic rings. The normalized spacial score (nSPS) is 21.8. The Bertz CT molecular complexity index is 599. The van der Waals surface area contributed by atoms with Crippen molar-refractivity contribution >= 4 is 23.5 Å². The van der Waals surface area contributed by atoms with Crippen molar-refractivity contribution in [1.29, 1.82) is 0 Å². The molecule has 1 N–H and O–H groups in total. The van der Waals surface area contributed by atoms with Gasteiger partial charge in [0, 0.05) is 31.2 Å². The van der Waals surface area contributed by atoms with Crippen molar-refractivity contribution < 1.29 is 9.59 Å². The smallest absolute Gasteiger partial charge is 0.317 e. The molecule has 2 heterocycles. The fraction of sp³-hybridized carbons (Fsp3) is 0.556. The van der Waals surface area contributed by atoms with E-state index in [1.54, 1.807) is 4.90 Å². The topological polar surface area (TPSA) is 52.7 Å². The van der Waals surface area contributed by atoms with Gasteiger partial charge in [-0.25, -0.2) is 4.79 Å². The molecule has 2 aliphatic rings. The summed E-state index contributed by atoms with van der Waals surface area (Å²) in [5.74, 6) is 0.174. The molecule has 5 nitrogen and oxygen atoms in total. The van der Waals surface area contributed by atoms with Crippen molar-refractivity contribution in [3.05, 3.63) is 34.9 Å². The van der Waals surface area contributed by atoms with Crippen molar-refractivity contribution in [2.75, 3.05) is 26.2 Å². The van der Waals surface area contributed by atoms with Gasteiger partial charge in [-0.05, 0) is 43.9 Å². The highest BCUT2D eigenvalue weighted by Crippen LogP contribution is 2.22. The molecule has 0 aromatic heterocycles. The second-order valence-electron chi connectivity index (χ2n) is 6.69. The second-order valence-corrected chi connectivity index (χ2v) is 7.12. The van der Waals surface area contributed by atoms with Gasteiger partial charge in [0.2, 0.25) is 5.91 Å². The maximum Gasteiger partial charge on any atom is 0.317 e. The van der Waals surface area contributed by atoms with Crippen LogP contribution in [0.1, 0.15) is 37.8 Å². The Morgan fingerprint density at radius 3 is 2.46 bits per heavy atom. The number of halogens is 1. The summed E-state index contributed by atoms with van der Waals surface area (Å²) in [4.78, 5) is 28.6. The largest absolute Gasteiger partial charge is 0.342 e. The fourth-order valence-electron chi connectivity index (χ4n) is 3.45. The summed E-state index contributed by atoms with van der Waals surface area (Å²) in [6, 6.07) is 7.27. The van der Waals surface area contributed by atoms with Gasteiger partial charge < -0.3 is 15.1 Å². The first kappa shape index (κ1) is 17.1. The SMILES string of the molecule is C[C@@H](NC(=O)N1CCC(C(=O)N2CCCC2)C1)c1ccc(Cl)cc1. The zero-order valence-corrected chi connectivity index (χ0v) is 14.8. The van der Waals surface area contributed by atoms with Crippen LogP contribution in [0, 0.1) is 5.92 Å². The van der Waals surface area contributed by atoms with E-state index in [9.17, 15) is 9.59 Å². The molecular formula is C18H24ClN3O2. The zero-order chi connectivity index (χ0) is 17.1. The number of rotatable bonds is 3. The Kier molecular flexibility index (Phi) is 5.29. The van der Waals surface area contributed by atoms with Crippen LogP contribution in [-0.2, 0) is 4.79 Å². The van der Waals surface area contributed by atoms with E-state index in [0.29, 0.717) is 18.1 Å². The van der Waals surface area contributed by atoms with Gasteiger partial charge in [-0.15, -0.1) is 0 Å². The third kappa shape index (κ3) is 3.83. The molecule has 3 amide bonds. The minimum atomic E-state index is -0.103. The third-order valence-corrected chi connectivity index (χ3v) is 5.20. The first-order valence-corrected chi connectivity index (χ1v) is 9.02. The van der Waals surface area contributed by atoms with Gasteiger partial charge in [0.25, 0.3) is 0 Å². The fourth-order valence-corrected chi connectivity index (χ4v) is 3.58. The highest BCUT2D eigenvalue weighted by atomic mass is 35.5. The lowest BCUT2D eigenvalue weighted by Crippen LogP contribution is -2.41. The minimum absolute atomic E-state index is 0.0420. The summed E-state index contributed by atoms with van der Waals surface area (Å²) in [6.45, 7) is 4.85. The molecule has 6 heteroatoms. The van der Waals surface area contributed by atoms with E-state index in [1.165, 1.54) is 0 Å². The number of nitrogens with zero attached hydrogens (tertiary/aromatic N) is 2. The van der Waals surface area contributed by atoms with Crippen molar-refractivity contribution in [2.45, 2.75) is 32.2 Å². The number of likely N-dealkylation sites (tertiary alicyclic amines) is 2. The summed E-state index contributed by atoms with van der Waals surface area (Å²) in [5, 5.41) is 3.69. The summed E-state index contributed by atoms with van der Waals surface area (Å²) >= 11 is 5.89. The first-order chi connectivity index (χ1) is 11.5. The van der Waals surface area contributed by atoms with Gasteiger partial charge in [-0.2, -0.15) is 0 Å². The van der Waals surface area contributed by atoms with Crippen molar-refractivity contribution in [2.24, 2.45) is 5.92 Å². The van der Waals surface area contributed by atoms with E-state index in [4.69, 9.17) is 11.6 Å². The monoisotopic (exact) mass is 349 g/mol. The molecule has 3 rings (SSSR count). The lowest BCUT2D eigenvalue weighted by molar-refractivity contribution is -0.133. The molecule has 0 radical (unpaired) electrons. The van der Waals surface area contributed by atoms with E-state index in [1.807, 2.05) is 36.1 Å². The van der Waals surface area contributed by atoms with Gasteiger partial charge in [0.15, 0.2) is 0 Å². The van der Waals surface area contributed by atoms with Gasteiger partial charge in [0.1, 0.15) is 0 Å². The average molecular weight is 350 g/mol. The second kappa shape index (κ2) is 7.43. The number of hydrogen-bond donors (Lipinski definition) is 1. The predicted octanol–water partition coefficient (Wildman–Crippen LogP) is 3.05.